The molecule has 1 N–H and O–H groups in total. The second-order valence-corrected chi connectivity index (χ2v) is 7.09. The first kappa shape index (κ1) is 19.4. The lowest BCUT2D eigenvalue weighted by Crippen LogP contribution is -2.21. The van der Waals surface area contributed by atoms with E-state index in [4.69, 9.17) is 4.74 Å². The van der Waals surface area contributed by atoms with Crippen molar-refractivity contribution >= 4 is 16.7 Å². The van der Waals surface area contributed by atoms with Crippen LogP contribution in [0.15, 0.2) is 41.6 Å². The number of pyridine rings is 1. The van der Waals surface area contributed by atoms with Crippen LogP contribution in [-0.4, -0.2) is 34.3 Å². The van der Waals surface area contributed by atoms with E-state index < -0.39 is 11.7 Å². The smallest absolute Gasteiger partial charge is 0.381 e. The van der Waals surface area contributed by atoms with Crippen LogP contribution in [0.25, 0.3) is 22.0 Å². The lowest BCUT2D eigenvalue weighted by Gasteiger charge is -2.14. The van der Waals surface area contributed by atoms with Crippen LogP contribution < -0.4 is 10.9 Å². The van der Waals surface area contributed by atoms with Gasteiger partial charge in [-0.15, -0.1) is 0 Å². The van der Waals surface area contributed by atoms with E-state index in [0.717, 1.165) is 25.2 Å². The Kier molecular flexibility index (Phi) is 4.99. The minimum atomic E-state index is -4.41. The molecule has 0 unspecified atom stereocenters. The lowest BCUT2D eigenvalue weighted by atomic mass is 10.0. The summed E-state index contributed by atoms with van der Waals surface area (Å²) in [5, 5.41) is 3.52. The first-order chi connectivity index (χ1) is 13.8. The van der Waals surface area contributed by atoms with Crippen LogP contribution >= 0.6 is 0 Å². The van der Waals surface area contributed by atoms with Gasteiger partial charge in [0.2, 0.25) is 0 Å². The summed E-state index contributed by atoms with van der Waals surface area (Å²) in [6.45, 7) is 1.99. The van der Waals surface area contributed by atoms with Gasteiger partial charge < -0.3 is 14.6 Å². The Morgan fingerprint density at radius 1 is 1.24 bits per heavy atom. The van der Waals surface area contributed by atoms with Crippen molar-refractivity contribution in [3.8, 4) is 11.1 Å². The highest BCUT2D eigenvalue weighted by atomic mass is 19.4. The maximum atomic E-state index is 12.9. The van der Waals surface area contributed by atoms with Gasteiger partial charge >= 0.3 is 6.18 Å². The summed E-state index contributed by atoms with van der Waals surface area (Å²) in [7, 11) is 1.59. The van der Waals surface area contributed by atoms with Gasteiger partial charge in [-0.1, -0.05) is 12.1 Å². The standard InChI is InChI=1S/C20H19F3N4O2/c1-27-11-26-17-15(13-2-4-14(5-3-13)20(21,22)23)9-25-18(16(17)19(27)28)24-8-12-6-7-29-10-12/h2-5,9,11-12H,6-8,10H2,1H3,(H,24,25)/t12-/m1/s1. The molecule has 3 aromatic rings. The molecule has 0 saturated carbocycles. The molecule has 152 valence electrons. The normalized spacial score (nSPS) is 17.0. The Morgan fingerprint density at radius 2 is 2.00 bits per heavy atom. The number of aromatic nitrogens is 3. The van der Waals surface area contributed by atoms with Gasteiger partial charge in [-0.05, 0) is 24.1 Å². The Bertz CT molecular complexity index is 1090. The fourth-order valence-corrected chi connectivity index (χ4v) is 3.38. The lowest BCUT2D eigenvalue weighted by molar-refractivity contribution is -0.137. The second kappa shape index (κ2) is 7.47. The number of rotatable bonds is 4. The maximum absolute atomic E-state index is 12.9. The number of hydrogen-bond acceptors (Lipinski definition) is 5. The number of halogens is 3. The van der Waals surface area contributed by atoms with Gasteiger partial charge in [0.05, 0.1) is 24.0 Å². The van der Waals surface area contributed by atoms with Crippen LogP contribution in [0.4, 0.5) is 19.0 Å². The number of anilines is 1. The molecular formula is C20H19F3N4O2. The van der Waals surface area contributed by atoms with Crippen LogP contribution in [-0.2, 0) is 18.0 Å². The Morgan fingerprint density at radius 3 is 2.66 bits per heavy atom. The molecule has 1 fully saturated rings. The summed E-state index contributed by atoms with van der Waals surface area (Å²) in [6.07, 6.45) is -0.548. The highest BCUT2D eigenvalue weighted by molar-refractivity contribution is 5.98. The average Bonchev–Trinajstić information content (AvgIpc) is 3.22. The zero-order valence-corrected chi connectivity index (χ0v) is 15.7. The molecule has 29 heavy (non-hydrogen) atoms. The predicted molar refractivity (Wildman–Crippen MR) is 103 cm³/mol. The molecule has 0 aliphatic carbocycles. The van der Waals surface area contributed by atoms with Crippen LogP contribution in [0.1, 0.15) is 12.0 Å². The summed E-state index contributed by atoms with van der Waals surface area (Å²) >= 11 is 0. The van der Waals surface area contributed by atoms with E-state index in [1.807, 2.05) is 0 Å². The van der Waals surface area contributed by atoms with Crippen molar-refractivity contribution in [2.75, 3.05) is 25.1 Å². The summed E-state index contributed by atoms with van der Waals surface area (Å²) in [4.78, 5) is 21.5. The number of nitrogens with zero attached hydrogens (tertiary/aromatic N) is 3. The van der Waals surface area contributed by atoms with Crippen molar-refractivity contribution in [3.63, 3.8) is 0 Å². The minimum absolute atomic E-state index is 0.276. The number of nitrogens with one attached hydrogen (secondary N) is 1. The van der Waals surface area contributed by atoms with Crippen molar-refractivity contribution < 1.29 is 17.9 Å². The second-order valence-electron chi connectivity index (χ2n) is 7.09. The van der Waals surface area contributed by atoms with E-state index in [0.29, 0.717) is 46.9 Å². The summed E-state index contributed by atoms with van der Waals surface area (Å²) < 4.78 is 45.3. The molecule has 0 bridgehead atoms. The minimum Gasteiger partial charge on any atom is -0.381 e. The highest BCUT2D eigenvalue weighted by Gasteiger charge is 2.30. The van der Waals surface area contributed by atoms with Crippen LogP contribution in [0, 0.1) is 5.92 Å². The number of alkyl halides is 3. The van der Waals surface area contributed by atoms with E-state index in [2.05, 4.69) is 15.3 Å². The van der Waals surface area contributed by atoms with Crippen LogP contribution in [0.2, 0.25) is 0 Å². The fraction of sp³-hybridized carbons (Fsp3) is 0.350. The molecule has 0 spiro atoms. The average molecular weight is 404 g/mol. The largest absolute Gasteiger partial charge is 0.416 e. The van der Waals surface area contributed by atoms with E-state index in [-0.39, 0.29) is 5.56 Å². The van der Waals surface area contributed by atoms with E-state index in [1.54, 1.807) is 7.05 Å². The van der Waals surface area contributed by atoms with Gasteiger partial charge in [0.15, 0.2) is 0 Å². The van der Waals surface area contributed by atoms with E-state index in [9.17, 15) is 18.0 Å². The van der Waals surface area contributed by atoms with Crippen molar-refractivity contribution in [3.05, 3.63) is 52.7 Å². The summed E-state index contributed by atoms with van der Waals surface area (Å²) in [5.74, 6) is 0.748. The predicted octanol–water partition coefficient (Wildman–Crippen LogP) is 3.46. The quantitative estimate of drug-likeness (QED) is 0.721. The van der Waals surface area contributed by atoms with E-state index >= 15 is 0 Å². The molecule has 4 rings (SSSR count). The molecule has 1 atom stereocenters. The van der Waals surface area contributed by atoms with Crippen LogP contribution in [0.3, 0.4) is 0 Å². The molecule has 0 amide bonds. The Labute approximate surface area is 164 Å². The Hall–Kier alpha value is -2.94. The summed E-state index contributed by atoms with van der Waals surface area (Å²) in [6, 6.07) is 4.74. The molecule has 3 heterocycles. The van der Waals surface area contributed by atoms with Crippen molar-refractivity contribution in [1.82, 2.24) is 14.5 Å². The number of hydrogen-bond donors (Lipinski definition) is 1. The number of aryl methyl sites for hydroxylation is 1. The third-order valence-electron chi connectivity index (χ3n) is 5.05. The summed E-state index contributed by atoms with van der Waals surface area (Å²) in [5.41, 5.74) is 0.391. The Balaban J connectivity index is 1.77. The van der Waals surface area contributed by atoms with Gasteiger partial charge in [0.1, 0.15) is 11.2 Å². The molecule has 6 nitrogen and oxygen atoms in total. The first-order valence-electron chi connectivity index (χ1n) is 9.18. The third kappa shape index (κ3) is 3.82. The van der Waals surface area contributed by atoms with Crippen molar-refractivity contribution in [2.24, 2.45) is 13.0 Å². The van der Waals surface area contributed by atoms with Gasteiger partial charge in [-0.3, -0.25) is 4.79 Å². The van der Waals surface area contributed by atoms with E-state index in [1.165, 1.54) is 29.2 Å². The molecule has 0 radical (unpaired) electrons. The molecule has 1 aromatic carbocycles. The van der Waals surface area contributed by atoms with Gasteiger partial charge in [-0.2, -0.15) is 13.2 Å². The number of ether oxygens (including phenoxy) is 1. The van der Waals surface area contributed by atoms with Crippen LogP contribution in [0.5, 0.6) is 0 Å². The maximum Gasteiger partial charge on any atom is 0.416 e. The zero-order chi connectivity index (χ0) is 20.6. The molecule has 2 aromatic heterocycles. The van der Waals surface area contributed by atoms with Crippen molar-refractivity contribution in [1.29, 1.82) is 0 Å². The number of fused-ring (bicyclic) bond motifs is 1. The van der Waals surface area contributed by atoms with Gasteiger partial charge in [0.25, 0.3) is 5.56 Å². The fourth-order valence-electron chi connectivity index (χ4n) is 3.38. The highest BCUT2D eigenvalue weighted by Crippen LogP contribution is 2.33. The van der Waals surface area contributed by atoms with Gasteiger partial charge in [-0.25, -0.2) is 9.97 Å². The topological polar surface area (TPSA) is 69.0 Å². The van der Waals surface area contributed by atoms with Crippen molar-refractivity contribution in [2.45, 2.75) is 12.6 Å². The molecule has 9 heteroatoms. The SMILES string of the molecule is Cn1cnc2c(-c3ccc(C(F)(F)F)cc3)cnc(NC[C@H]3CCOC3)c2c1=O. The molecule has 1 saturated heterocycles. The molecule has 1 aliphatic heterocycles. The molecular weight excluding hydrogens is 385 g/mol. The van der Waals surface area contributed by atoms with Gasteiger partial charge in [0, 0.05) is 37.9 Å². The first-order valence-corrected chi connectivity index (χ1v) is 9.18. The monoisotopic (exact) mass is 404 g/mol. The third-order valence-corrected chi connectivity index (χ3v) is 5.05. The number of benzene rings is 1. The zero-order valence-electron chi connectivity index (χ0n) is 15.7. The molecule has 1 aliphatic rings.